The minimum absolute atomic E-state index is 0.166. The van der Waals surface area contributed by atoms with E-state index in [0.717, 1.165) is 17.1 Å². The molecule has 5 nitrogen and oxygen atoms in total. The first-order valence-electron chi connectivity index (χ1n) is 8.66. The Morgan fingerprint density at radius 1 is 1.37 bits per heavy atom. The number of carbonyl (C=O) groups is 2. The molecule has 4 rings (SSSR count). The van der Waals surface area contributed by atoms with E-state index in [4.69, 9.17) is 16.3 Å². The first-order valence-corrected chi connectivity index (χ1v) is 11.0. The van der Waals surface area contributed by atoms with Crippen LogP contribution in [-0.4, -0.2) is 44.5 Å². The molecule has 2 fully saturated rings. The Morgan fingerprint density at radius 3 is 2.63 bits per heavy atom. The fraction of sp³-hybridized carbons (Fsp3) is 0.421. The van der Waals surface area contributed by atoms with Crippen molar-refractivity contribution in [3.8, 4) is 6.07 Å². The maximum absolute atomic E-state index is 13.5. The summed E-state index contributed by atoms with van der Waals surface area (Å²) in [5, 5.41) is 10.4. The molecule has 2 atom stereocenters. The molecule has 0 aliphatic carbocycles. The minimum Gasteiger partial charge on any atom is -0.464 e. The third-order valence-corrected chi connectivity index (χ3v) is 9.23. The number of esters is 1. The number of ether oxygens (including phenoxy) is 1. The van der Waals surface area contributed by atoms with E-state index < -0.39 is 21.5 Å². The van der Waals surface area contributed by atoms with Gasteiger partial charge < -0.3 is 4.74 Å². The van der Waals surface area contributed by atoms with Gasteiger partial charge in [-0.1, -0.05) is 23.7 Å². The molecule has 3 aliphatic heterocycles. The van der Waals surface area contributed by atoms with E-state index >= 15 is 0 Å². The van der Waals surface area contributed by atoms with Crippen molar-refractivity contribution >= 4 is 47.0 Å². The van der Waals surface area contributed by atoms with Gasteiger partial charge in [-0.3, -0.25) is 9.69 Å². The Bertz CT molecular complexity index is 874. The predicted octanol–water partition coefficient (Wildman–Crippen LogP) is 3.56. The van der Waals surface area contributed by atoms with Gasteiger partial charge in [-0.15, -0.1) is 23.5 Å². The van der Waals surface area contributed by atoms with Crippen LogP contribution in [0.15, 0.2) is 36.0 Å². The van der Waals surface area contributed by atoms with Crippen LogP contribution in [0.4, 0.5) is 0 Å². The molecular weight excluding hydrogens is 404 g/mol. The number of amides is 1. The van der Waals surface area contributed by atoms with Crippen LogP contribution in [0.1, 0.15) is 24.8 Å². The fourth-order valence-electron chi connectivity index (χ4n) is 4.33. The van der Waals surface area contributed by atoms with Gasteiger partial charge in [0, 0.05) is 35.1 Å². The highest BCUT2D eigenvalue weighted by Crippen LogP contribution is 2.67. The summed E-state index contributed by atoms with van der Waals surface area (Å²) in [7, 11) is 0. The quantitative estimate of drug-likeness (QED) is 0.696. The molecule has 2 saturated heterocycles. The monoisotopic (exact) mass is 420 g/mol. The van der Waals surface area contributed by atoms with Crippen molar-refractivity contribution in [1.82, 2.24) is 4.90 Å². The first-order chi connectivity index (χ1) is 13.0. The summed E-state index contributed by atoms with van der Waals surface area (Å²) in [6.45, 7) is 1.96. The van der Waals surface area contributed by atoms with Crippen molar-refractivity contribution < 1.29 is 14.3 Å². The summed E-state index contributed by atoms with van der Waals surface area (Å²) in [5.41, 5.74) is 0.0450. The number of halogens is 1. The predicted molar refractivity (Wildman–Crippen MR) is 106 cm³/mol. The normalized spacial score (nSPS) is 28.2. The SMILES string of the molecule is CCOC(=O)[C@]12[C@H](c3ccc(Cl)cc3)CC(=O)N1C=C(C#N)C21SCCS1. The highest BCUT2D eigenvalue weighted by molar-refractivity contribution is 8.21. The Balaban J connectivity index is 1.96. The molecule has 0 unspecified atom stereocenters. The molecule has 0 N–H and O–H groups in total. The van der Waals surface area contributed by atoms with Crippen molar-refractivity contribution in [3.05, 3.63) is 46.6 Å². The summed E-state index contributed by atoms with van der Waals surface area (Å²) < 4.78 is 4.66. The number of fused-ring (bicyclic) bond motifs is 2. The molecule has 0 radical (unpaired) electrons. The minimum atomic E-state index is -1.26. The highest BCUT2D eigenvalue weighted by Gasteiger charge is 2.75. The number of carbonyl (C=O) groups excluding carboxylic acids is 2. The Morgan fingerprint density at radius 2 is 2.04 bits per heavy atom. The van der Waals surface area contributed by atoms with E-state index in [1.807, 2.05) is 12.1 Å². The lowest BCUT2D eigenvalue weighted by Gasteiger charge is -2.44. The Kier molecular flexibility index (Phi) is 4.69. The number of hydrogen-bond donors (Lipinski definition) is 0. The van der Waals surface area contributed by atoms with Crippen LogP contribution in [0, 0.1) is 11.3 Å². The molecule has 27 heavy (non-hydrogen) atoms. The molecule has 0 saturated carbocycles. The molecule has 1 aromatic carbocycles. The molecule has 1 aromatic rings. The van der Waals surface area contributed by atoms with Crippen LogP contribution in [0.2, 0.25) is 5.02 Å². The average molecular weight is 421 g/mol. The van der Waals surface area contributed by atoms with Gasteiger partial charge in [-0.2, -0.15) is 5.26 Å². The van der Waals surface area contributed by atoms with E-state index in [2.05, 4.69) is 6.07 Å². The number of hydrogen-bond acceptors (Lipinski definition) is 6. The van der Waals surface area contributed by atoms with E-state index in [1.54, 1.807) is 48.8 Å². The average Bonchev–Trinajstić information content (AvgIpc) is 3.33. The standard InChI is InChI=1S/C19H17ClN2O3S2/c1-2-25-17(24)18-15(12-3-5-14(20)6-4-12)9-16(23)22(18)11-13(10-21)19(18)26-7-8-27-19/h3-6,11,15H,2,7-9H2,1H3/t15-,18-/m0/s1. The van der Waals surface area contributed by atoms with Gasteiger partial charge in [0.25, 0.3) is 0 Å². The van der Waals surface area contributed by atoms with Crippen molar-refractivity contribution in [2.45, 2.75) is 28.9 Å². The van der Waals surface area contributed by atoms with Gasteiger partial charge in [0.2, 0.25) is 5.91 Å². The molecule has 3 heterocycles. The van der Waals surface area contributed by atoms with Crippen molar-refractivity contribution in [3.63, 3.8) is 0 Å². The highest BCUT2D eigenvalue weighted by atomic mass is 35.5. The first kappa shape index (κ1) is 18.7. The fourth-order valence-corrected chi connectivity index (χ4v) is 8.12. The van der Waals surface area contributed by atoms with E-state index in [-0.39, 0.29) is 18.9 Å². The van der Waals surface area contributed by atoms with Gasteiger partial charge in [0.15, 0.2) is 5.54 Å². The maximum Gasteiger partial charge on any atom is 0.335 e. The molecule has 3 aliphatic rings. The van der Waals surface area contributed by atoms with Crippen molar-refractivity contribution in [1.29, 1.82) is 5.26 Å². The van der Waals surface area contributed by atoms with Crippen LogP contribution in [0.5, 0.6) is 0 Å². The second kappa shape index (κ2) is 6.77. The Hall–Kier alpha value is -1.62. The molecular formula is C19H17ClN2O3S2. The second-order valence-electron chi connectivity index (χ2n) is 6.53. The lowest BCUT2D eigenvalue weighted by atomic mass is 9.76. The van der Waals surface area contributed by atoms with Crippen LogP contribution in [0.25, 0.3) is 0 Å². The molecule has 0 bridgehead atoms. The van der Waals surface area contributed by atoms with Gasteiger partial charge in [0.05, 0.1) is 18.2 Å². The van der Waals surface area contributed by atoms with Crippen LogP contribution < -0.4 is 0 Å². The third kappa shape index (κ3) is 2.40. The third-order valence-electron chi connectivity index (χ3n) is 5.32. The van der Waals surface area contributed by atoms with Gasteiger partial charge in [0.1, 0.15) is 4.08 Å². The zero-order chi connectivity index (χ0) is 19.2. The summed E-state index contributed by atoms with van der Waals surface area (Å²) in [6.07, 6.45) is 1.76. The van der Waals surface area contributed by atoms with Gasteiger partial charge in [-0.05, 0) is 24.6 Å². The van der Waals surface area contributed by atoms with E-state index in [1.165, 1.54) is 4.90 Å². The Labute approximate surface area is 171 Å². The number of nitrogens with zero attached hydrogens (tertiary/aromatic N) is 2. The maximum atomic E-state index is 13.5. The number of rotatable bonds is 3. The van der Waals surface area contributed by atoms with Crippen LogP contribution in [-0.2, 0) is 14.3 Å². The van der Waals surface area contributed by atoms with Gasteiger partial charge >= 0.3 is 5.97 Å². The van der Waals surface area contributed by atoms with E-state index in [9.17, 15) is 14.9 Å². The van der Waals surface area contributed by atoms with E-state index in [0.29, 0.717) is 10.6 Å². The second-order valence-corrected chi connectivity index (χ2v) is 9.84. The summed E-state index contributed by atoms with van der Waals surface area (Å²) >= 11 is 9.18. The zero-order valence-electron chi connectivity index (χ0n) is 14.6. The summed E-state index contributed by atoms with van der Waals surface area (Å²) in [6, 6.07) is 9.48. The molecule has 1 amide bonds. The topological polar surface area (TPSA) is 70.4 Å². The van der Waals surface area contributed by atoms with Crippen LogP contribution >= 0.6 is 35.1 Å². The number of nitriles is 1. The number of benzene rings is 1. The van der Waals surface area contributed by atoms with Crippen LogP contribution in [0.3, 0.4) is 0 Å². The summed E-state index contributed by atoms with van der Waals surface area (Å²) in [4.78, 5) is 27.9. The molecule has 0 aromatic heterocycles. The zero-order valence-corrected chi connectivity index (χ0v) is 17.0. The summed E-state index contributed by atoms with van der Waals surface area (Å²) in [5.74, 6) is 0.585. The lowest BCUT2D eigenvalue weighted by Crippen LogP contribution is -2.62. The van der Waals surface area contributed by atoms with Crippen molar-refractivity contribution in [2.24, 2.45) is 0 Å². The largest absolute Gasteiger partial charge is 0.464 e. The molecule has 1 spiro atoms. The molecule has 8 heteroatoms. The number of thioether (sulfide) groups is 2. The molecule has 140 valence electrons. The van der Waals surface area contributed by atoms with Crippen molar-refractivity contribution in [2.75, 3.05) is 18.1 Å². The smallest absolute Gasteiger partial charge is 0.335 e. The van der Waals surface area contributed by atoms with Gasteiger partial charge in [-0.25, -0.2) is 4.79 Å². The lowest BCUT2D eigenvalue weighted by molar-refractivity contribution is -0.157.